The smallest absolute Gasteiger partial charge is 0.756 e. The van der Waals surface area contributed by atoms with Crippen LogP contribution in [0.25, 0.3) is 0 Å². The number of phosphoric acid groups is 12. The maximum Gasteiger partial charge on any atom is 1.00 e. The Morgan fingerprint density at radius 1 is 0.233 bits per heavy atom. The van der Waals surface area contributed by atoms with E-state index in [4.69, 9.17) is 115 Å². The maximum atomic E-state index is 11.0. The van der Waals surface area contributed by atoms with Gasteiger partial charge in [0.05, 0.1) is 0 Å². The predicted octanol–water partition coefficient (Wildman–Crippen LogP) is -26.6. The van der Waals surface area contributed by atoms with Gasteiger partial charge in [-0.25, -0.2) is 53.3 Å². The van der Waals surface area contributed by atoms with E-state index in [0.29, 0.717) is 0 Å². The van der Waals surface area contributed by atoms with E-state index in [1.54, 1.807) is 0 Å². The van der Waals surface area contributed by atoms with E-state index in [1.165, 1.54) is 0 Å². The average molecular weight is 1200 g/mol. The third-order valence-corrected chi connectivity index (χ3v) is 10.8. The van der Waals surface area contributed by atoms with Crippen molar-refractivity contribution in [3.63, 3.8) is 0 Å². The number of hydrogen-bond acceptors (Lipinski definition) is 24. The molecule has 1 rings (SSSR count). The van der Waals surface area contributed by atoms with Gasteiger partial charge < -0.3 is 117 Å². The fourth-order valence-electron chi connectivity index (χ4n) is 0.824. The van der Waals surface area contributed by atoms with Crippen LogP contribution in [0.2, 0.25) is 0 Å². The Morgan fingerprint density at radius 2 is 0.267 bits per heavy atom. The van der Waals surface area contributed by atoms with E-state index in [1.807, 2.05) is 0 Å². The molecule has 0 bridgehead atoms. The first-order valence-electron chi connectivity index (χ1n) is 9.08. The molecule has 1 fully saturated rings. The Hall–Kier alpha value is 7.56. The summed E-state index contributed by atoms with van der Waals surface area (Å²) in [6.07, 6.45) is 0. The van der Waals surface area contributed by atoms with E-state index < -0.39 is 93.9 Å². The second-order valence-electron chi connectivity index (χ2n) is 6.25. The molecule has 60 heteroatoms. The van der Waals surface area contributed by atoms with Crippen molar-refractivity contribution in [3.05, 3.63) is 0 Å². The van der Waals surface area contributed by atoms with Gasteiger partial charge in [0.1, 0.15) is 0 Å². The third-order valence-electron chi connectivity index (χ3n) is 1.20. The minimum Gasteiger partial charge on any atom is -0.756 e. The van der Waals surface area contributed by atoms with Crippen LogP contribution in [0.4, 0.5) is 0 Å². The van der Waals surface area contributed by atoms with E-state index in [0.717, 1.165) is 0 Å². The van der Waals surface area contributed by atoms with E-state index >= 15 is 0 Å². The number of rotatable bonds is 0. The summed E-state index contributed by atoms with van der Waals surface area (Å²) in [5, 5.41) is 0. The Bertz CT molecular complexity index is 1310. The molecule has 0 saturated carbocycles. The molecule has 0 spiro atoms. The molecule has 0 aromatic carbocycles. The van der Waals surface area contributed by atoms with Crippen LogP contribution in [0.5, 0.6) is 0 Å². The first kappa shape index (κ1) is 97.0. The van der Waals surface area contributed by atoms with Gasteiger partial charge in [0.15, 0.2) is 0 Å². The van der Waals surface area contributed by atoms with Gasteiger partial charge in [-0.1, -0.05) is 0 Å². The zero-order chi connectivity index (χ0) is 46.2. The zero-order valence-corrected chi connectivity index (χ0v) is 51.9. The van der Waals surface area contributed by atoms with Gasteiger partial charge in [-0.3, -0.25) is 27.4 Å². The Kier molecular flexibility index (Phi) is 63.2. The van der Waals surface area contributed by atoms with Crippen LogP contribution in [-0.2, 0) is 80.6 Å². The fourth-order valence-corrected chi connectivity index (χ4v) is 9.03. The Labute approximate surface area is 462 Å². The van der Waals surface area contributed by atoms with Crippen molar-refractivity contribution in [2.45, 2.75) is 0 Å². The van der Waals surface area contributed by atoms with Gasteiger partial charge in [-0.15, -0.1) is 0 Å². The molecule has 0 aromatic heterocycles. The quantitative estimate of drug-likeness (QED) is 0.0791. The standard InChI is InChI=1S/6Na.H6O18P6.6H3O4P/c;;;;;;1-19(2)13-20(3,4)15-22(7,8)17-24(11,12)18-23(9,10)16-21(5,6)14-19;6*1-5(2,3)4/h;;;;;;(H,1,2)(H,3,4)(H,5,6)(H,7,8)(H,9,10)(H,11,12);6*(H3,1,2,3,4)/q6*+1;;;;;;;/p-6. The molecule has 18 N–H and O–H groups in total. The predicted molar refractivity (Wildman–Crippen MR) is 138 cm³/mol. The summed E-state index contributed by atoms with van der Waals surface area (Å²) in [5.74, 6) is 0. The molecule has 60 heavy (non-hydrogen) atoms. The van der Waals surface area contributed by atoms with E-state index in [9.17, 15) is 56.8 Å². The van der Waals surface area contributed by atoms with Crippen molar-refractivity contribution < 1.29 is 375 Å². The van der Waals surface area contributed by atoms with Crippen molar-refractivity contribution in [1.29, 1.82) is 0 Å². The molecule has 42 nitrogen and oxygen atoms in total. The van der Waals surface area contributed by atoms with Crippen LogP contribution in [0, 0.1) is 0 Å². The molecule has 1 aliphatic heterocycles. The fraction of sp³-hybridized carbons (Fsp3) is 0. The summed E-state index contributed by atoms with van der Waals surface area (Å²) in [4.78, 5) is 195. The molecule has 1 aliphatic rings. The van der Waals surface area contributed by atoms with Crippen LogP contribution in [0.15, 0.2) is 0 Å². The molecular weight excluding hydrogens is 1180 g/mol. The van der Waals surface area contributed by atoms with Gasteiger partial charge in [0.2, 0.25) is 0 Å². The van der Waals surface area contributed by atoms with Crippen molar-refractivity contribution in [2.24, 2.45) is 0 Å². The molecule has 0 aromatic rings. The molecule has 0 unspecified atom stereocenters. The van der Waals surface area contributed by atoms with Crippen molar-refractivity contribution in [2.75, 3.05) is 0 Å². The Morgan fingerprint density at radius 3 is 0.300 bits per heavy atom. The van der Waals surface area contributed by atoms with Gasteiger partial charge >= 0.3 is 224 Å². The van der Waals surface area contributed by atoms with Crippen LogP contribution < -0.4 is 207 Å². The van der Waals surface area contributed by atoms with Gasteiger partial charge in [-0.05, 0) is 0 Å². The second kappa shape index (κ2) is 39.1. The minimum absolute atomic E-state index is 0. The second-order valence-corrected chi connectivity index (χ2v) is 21.7. The normalized spacial score (nSPS) is 28.0. The zero-order valence-electron chi connectivity index (χ0n) is 29.2. The Balaban J connectivity index is -0.0000000529. The minimum atomic E-state index is -6.56. The van der Waals surface area contributed by atoms with Crippen LogP contribution in [0.1, 0.15) is 0 Å². The maximum absolute atomic E-state index is 11.0. The molecule has 0 amide bonds. The van der Waals surface area contributed by atoms with Crippen LogP contribution in [0.3, 0.4) is 0 Å². The topological polar surface area (TPSA) is 763 Å². The summed E-state index contributed by atoms with van der Waals surface area (Å²) in [5.41, 5.74) is 0. The van der Waals surface area contributed by atoms with E-state index in [-0.39, 0.29) is 177 Å². The van der Waals surface area contributed by atoms with Crippen molar-refractivity contribution in [1.82, 2.24) is 0 Å². The first-order valence-corrected chi connectivity index (χ1v) is 27.2. The third kappa shape index (κ3) is 144. The van der Waals surface area contributed by atoms with Gasteiger partial charge in [0.25, 0.3) is 46.9 Å². The van der Waals surface area contributed by atoms with Crippen molar-refractivity contribution >= 4 is 93.9 Å². The summed E-state index contributed by atoms with van der Waals surface area (Å²) < 4.78 is 137. The summed E-state index contributed by atoms with van der Waals surface area (Å²) >= 11 is 0. The van der Waals surface area contributed by atoms with Gasteiger partial charge in [-0.2, -0.15) is 0 Å². The monoisotopic (exact) mass is 1200 g/mol. The molecule has 1 heterocycles. The van der Waals surface area contributed by atoms with E-state index in [2.05, 4.69) is 25.9 Å². The molecule has 0 aliphatic carbocycles. The molecule has 336 valence electrons. The van der Waals surface area contributed by atoms with Gasteiger partial charge in [0, 0.05) is 0 Å². The average Bonchev–Trinajstić information content (AvgIpc) is 2.50. The van der Waals surface area contributed by atoms with Crippen LogP contribution >= 0.6 is 93.9 Å². The molecular formula is H18Na6O42P12. The molecule has 0 radical (unpaired) electrons. The van der Waals surface area contributed by atoms with Crippen LogP contribution in [-0.4, -0.2) is 88.1 Å². The molecule has 1 saturated heterocycles. The summed E-state index contributed by atoms with van der Waals surface area (Å²) in [6, 6.07) is 0. The molecule has 0 atom stereocenters. The summed E-state index contributed by atoms with van der Waals surface area (Å²) in [7, 11) is -67.2. The first-order chi connectivity index (χ1) is 22.2. The largest absolute Gasteiger partial charge is 1.00 e. The SMILES string of the molecule is O=P(O)(O)O.O=P(O)(O)O.O=P(O)(O)O.O=P(O)(O)O.O=P(O)(O)O.O=P(O)(O)O.O=P1([O-])OP(=O)([O-])OP(=O)([O-])OP(=O)([O-])OP(=O)([O-])OP(=O)([O-])O1.[Na+].[Na+].[Na+].[Na+].[Na+].[Na+]. The number of hydrogen-bond donors (Lipinski definition) is 18. The summed E-state index contributed by atoms with van der Waals surface area (Å²) in [6.45, 7) is 0. The van der Waals surface area contributed by atoms with Crippen molar-refractivity contribution in [3.8, 4) is 0 Å².